The van der Waals surface area contributed by atoms with Crippen molar-refractivity contribution in [3.05, 3.63) is 46.3 Å². The van der Waals surface area contributed by atoms with Crippen LogP contribution in [0.5, 0.6) is 0 Å². The maximum atomic E-state index is 12.0. The van der Waals surface area contributed by atoms with E-state index >= 15 is 0 Å². The summed E-state index contributed by atoms with van der Waals surface area (Å²) in [5.74, 6) is -0.316. The molecule has 7 nitrogen and oxygen atoms in total. The highest BCUT2D eigenvalue weighted by atomic mass is 16.5. The predicted molar refractivity (Wildman–Crippen MR) is 82.0 cm³/mol. The van der Waals surface area contributed by atoms with Crippen LogP contribution < -0.4 is 10.6 Å². The van der Waals surface area contributed by atoms with E-state index in [1.807, 2.05) is 0 Å². The fourth-order valence-corrected chi connectivity index (χ4v) is 3.08. The van der Waals surface area contributed by atoms with Gasteiger partial charge in [-0.25, -0.2) is 9.59 Å². The second-order valence-electron chi connectivity index (χ2n) is 5.74. The molecule has 1 aromatic carbocycles. The van der Waals surface area contributed by atoms with E-state index < -0.39 is 0 Å². The summed E-state index contributed by atoms with van der Waals surface area (Å²) in [6.07, 6.45) is 3.19. The Hall–Kier alpha value is -2.83. The summed E-state index contributed by atoms with van der Waals surface area (Å²) in [5, 5.41) is 12.8. The summed E-state index contributed by atoms with van der Waals surface area (Å²) in [7, 11) is 0. The Kier molecular flexibility index (Phi) is 3.25. The number of nitrogens with zero attached hydrogens (tertiary/aromatic N) is 1. The Bertz CT molecular complexity index is 797. The first-order valence-electron chi connectivity index (χ1n) is 7.60. The minimum atomic E-state index is -0.316. The van der Waals surface area contributed by atoms with Gasteiger partial charge in [-0.2, -0.15) is 5.10 Å². The van der Waals surface area contributed by atoms with E-state index in [4.69, 9.17) is 4.74 Å². The molecule has 23 heavy (non-hydrogen) atoms. The van der Waals surface area contributed by atoms with Crippen LogP contribution in [0.2, 0.25) is 0 Å². The Morgan fingerprint density at radius 1 is 1.35 bits per heavy atom. The van der Waals surface area contributed by atoms with Gasteiger partial charge in [-0.3, -0.25) is 5.10 Å². The van der Waals surface area contributed by atoms with E-state index in [0.717, 1.165) is 30.5 Å². The van der Waals surface area contributed by atoms with Crippen LogP contribution in [0.4, 0.5) is 10.5 Å². The smallest absolute Gasteiger partial charge is 0.338 e. The molecule has 118 valence electrons. The fraction of sp³-hybridized carbons (Fsp3) is 0.312. The van der Waals surface area contributed by atoms with Crippen molar-refractivity contribution in [3.8, 4) is 0 Å². The number of cyclic esters (lactones) is 1. The molecule has 2 heterocycles. The molecule has 0 spiro atoms. The normalized spacial score (nSPS) is 15.0. The molecule has 0 saturated heterocycles. The van der Waals surface area contributed by atoms with Gasteiger partial charge in [-0.05, 0) is 43.0 Å². The number of carbonyl (C=O) groups is 2. The van der Waals surface area contributed by atoms with Crippen molar-refractivity contribution in [2.24, 2.45) is 0 Å². The summed E-state index contributed by atoms with van der Waals surface area (Å²) >= 11 is 0. The Balaban J connectivity index is 1.38. The number of nitrogens with one attached hydrogen (secondary N) is 3. The van der Waals surface area contributed by atoms with Crippen molar-refractivity contribution in [2.75, 3.05) is 5.32 Å². The van der Waals surface area contributed by atoms with Crippen LogP contribution in [0.15, 0.2) is 18.2 Å². The number of H-pyrrole nitrogens is 1. The lowest BCUT2D eigenvalue weighted by molar-refractivity contribution is 0.0535. The average molecular weight is 312 g/mol. The summed E-state index contributed by atoms with van der Waals surface area (Å²) in [6.45, 7) is 0.648. The number of urea groups is 1. The van der Waals surface area contributed by atoms with Gasteiger partial charge in [0.1, 0.15) is 6.61 Å². The molecule has 0 saturated carbocycles. The van der Waals surface area contributed by atoms with Gasteiger partial charge in [0, 0.05) is 16.9 Å². The Morgan fingerprint density at radius 2 is 2.26 bits per heavy atom. The van der Waals surface area contributed by atoms with E-state index in [1.54, 1.807) is 18.2 Å². The van der Waals surface area contributed by atoms with Gasteiger partial charge in [0.05, 0.1) is 17.8 Å². The van der Waals surface area contributed by atoms with Gasteiger partial charge in [0.15, 0.2) is 0 Å². The molecule has 0 fully saturated rings. The Labute approximate surface area is 132 Å². The number of hydrogen-bond donors (Lipinski definition) is 3. The van der Waals surface area contributed by atoms with Crippen LogP contribution in [0.25, 0.3) is 0 Å². The standard InChI is InChI=1S/C16H16N4O3/c21-15-11-5-4-10(6-9(11)8-23-15)18-16(22)17-7-14-12-2-1-3-13(12)19-20-14/h4-6H,1-3,7-8H2,(H,19,20)(H2,17,18,22). The minimum Gasteiger partial charge on any atom is -0.457 e. The summed E-state index contributed by atoms with van der Waals surface area (Å²) in [4.78, 5) is 23.4. The molecule has 0 radical (unpaired) electrons. The number of esters is 1. The SMILES string of the molecule is O=C(NCc1n[nH]c2c1CCC2)Nc1ccc2c(c1)COC2=O. The molecule has 1 aliphatic heterocycles. The average Bonchev–Trinajstić information content (AvgIpc) is 3.22. The third kappa shape index (κ3) is 2.54. The summed E-state index contributed by atoms with van der Waals surface area (Å²) < 4.78 is 4.94. The monoisotopic (exact) mass is 312 g/mol. The van der Waals surface area contributed by atoms with Crippen LogP contribution in [0, 0.1) is 0 Å². The van der Waals surface area contributed by atoms with E-state index in [0.29, 0.717) is 17.8 Å². The van der Waals surface area contributed by atoms with Gasteiger partial charge < -0.3 is 15.4 Å². The van der Waals surface area contributed by atoms with Gasteiger partial charge in [-0.15, -0.1) is 0 Å². The van der Waals surface area contributed by atoms with Gasteiger partial charge in [0.25, 0.3) is 0 Å². The maximum absolute atomic E-state index is 12.0. The zero-order valence-electron chi connectivity index (χ0n) is 12.4. The van der Waals surface area contributed by atoms with E-state index in [2.05, 4.69) is 20.8 Å². The first-order chi connectivity index (χ1) is 11.2. The first-order valence-corrected chi connectivity index (χ1v) is 7.60. The number of anilines is 1. The number of benzene rings is 1. The second-order valence-corrected chi connectivity index (χ2v) is 5.74. The lowest BCUT2D eigenvalue weighted by Gasteiger charge is -2.08. The molecule has 2 aliphatic rings. The van der Waals surface area contributed by atoms with Gasteiger partial charge in [0.2, 0.25) is 0 Å². The molecule has 7 heteroatoms. The predicted octanol–water partition coefficient (Wildman–Crippen LogP) is 1.89. The molecule has 1 aliphatic carbocycles. The highest BCUT2D eigenvalue weighted by molar-refractivity contribution is 5.95. The molecule has 1 aromatic heterocycles. The van der Waals surface area contributed by atoms with Crippen molar-refractivity contribution < 1.29 is 14.3 Å². The molecular formula is C16H16N4O3. The van der Waals surface area contributed by atoms with Crippen molar-refractivity contribution in [2.45, 2.75) is 32.4 Å². The van der Waals surface area contributed by atoms with Crippen molar-refractivity contribution >= 4 is 17.7 Å². The van der Waals surface area contributed by atoms with E-state index in [1.165, 1.54) is 11.3 Å². The number of aryl methyl sites for hydroxylation is 1. The molecule has 3 N–H and O–H groups in total. The largest absolute Gasteiger partial charge is 0.457 e. The van der Waals surface area contributed by atoms with E-state index in [-0.39, 0.29) is 18.6 Å². The number of fused-ring (bicyclic) bond motifs is 2. The Morgan fingerprint density at radius 3 is 3.17 bits per heavy atom. The molecule has 0 unspecified atom stereocenters. The molecular weight excluding hydrogens is 296 g/mol. The number of carbonyl (C=O) groups excluding carboxylic acids is 2. The van der Waals surface area contributed by atoms with Crippen LogP contribution in [0.1, 0.15) is 39.3 Å². The van der Waals surface area contributed by atoms with E-state index in [9.17, 15) is 9.59 Å². The number of hydrogen-bond acceptors (Lipinski definition) is 4. The number of aromatic amines is 1. The lowest BCUT2D eigenvalue weighted by Crippen LogP contribution is -2.28. The molecule has 2 aromatic rings. The van der Waals surface area contributed by atoms with Crippen molar-refractivity contribution in [3.63, 3.8) is 0 Å². The second kappa shape index (κ2) is 5.42. The van der Waals surface area contributed by atoms with Crippen molar-refractivity contribution in [1.82, 2.24) is 15.5 Å². The number of ether oxygens (including phenoxy) is 1. The first kappa shape index (κ1) is 13.8. The fourth-order valence-electron chi connectivity index (χ4n) is 3.08. The summed E-state index contributed by atoms with van der Waals surface area (Å²) in [5.41, 5.74) is 5.30. The summed E-state index contributed by atoms with van der Waals surface area (Å²) in [6, 6.07) is 4.81. The highest BCUT2D eigenvalue weighted by Gasteiger charge is 2.21. The van der Waals surface area contributed by atoms with Gasteiger partial charge in [-0.1, -0.05) is 0 Å². The van der Waals surface area contributed by atoms with Crippen LogP contribution in [-0.4, -0.2) is 22.2 Å². The molecule has 2 amide bonds. The van der Waals surface area contributed by atoms with Crippen LogP contribution >= 0.6 is 0 Å². The minimum absolute atomic E-state index is 0.255. The third-order valence-electron chi connectivity index (χ3n) is 4.25. The topological polar surface area (TPSA) is 96.1 Å². The molecule has 0 atom stereocenters. The quantitative estimate of drug-likeness (QED) is 0.754. The lowest BCUT2D eigenvalue weighted by atomic mass is 10.1. The van der Waals surface area contributed by atoms with Crippen LogP contribution in [0.3, 0.4) is 0 Å². The molecule has 0 bridgehead atoms. The van der Waals surface area contributed by atoms with Crippen molar-refractivity contribution in [1.29, 1.82) is 0 Å². The number of rotatable bonds is 3. The highest BCUT2D eigenvalue weighted by Crippen LogP contribution is 2.24. The number of amides is 2. The van der Waals surface area contributed by atoms with Gasteiger partial charge >= 0.3 is 12.0 Å². The number of aromatic nitrogens is 2. The van der Waals surface area contributed by atoms with Crippen LogP contribution in [-0.2, 0) is 30.7 Å². The molecule has 4 rings (SSSR count). The third-order valence-corrected chi connectivity index (χ3v) is 4.25. The zero-order chi connectivity index (χ0) is 15.8. The maximum Gasteiger partial charge on any atom is 0.338 e. The zero-order valence-corrected chi connectivity index (χ0v) is 12.4.